The first kappa shape index (κ1) is 22.7. The molecule has 178 valence electrons. The van der Waals surface area contributed by atoms with Crippen molar-refractivity contribution < 1.29 is 21.6 Å². The van der Waals surface area contributed by atoms with Gasteiger partial charge in [-0.1, -0.05) is 36.4 Å². The quantitative estimate of drug-likeness (QED) is 0.329. The first-order valence-electron chi connectivity index (χ1n) is 10.7. The van der Waals surface area contributed by atoms with E-state index in [9.17, 15) is 17.2 Å². The molecule has 3 aromatic carbocycles. The Labute approximate surface area is 199 Å². The van der Waals surface area contributed by atoms with Crippen molar-refractivity contribution in [3.63, 3.8) is 0 Å². The van der Waals surface area contributed by atoms with Crippen LogP contribution in [0.15, 0.2) is 70.0 Å². The predicted molar refractivity (Wildman–Crippen MR) is 129 cm³/mol. The normalized spacial score (nSPS) is 12.0. The Balaban J connectivity index is 1.83. The third-order valence-electron chi connectivity index (χ3n) is 5.61. The maximum absolute atomic E-state index is 14.6. The molecule has 5 aromatic rings. The lowest BCUT2D eigenvalue weighted by molar-refractivity contribution is 0.549. The smallest absolute Gasteiger partial charge is 0.233 e. The molecule has 0 saturated carbocycles. The number of halogens is 2. The fraction of sp³-hybridized carbons (Fsp3) is 0.120. The lowest BCUT2D eigenvalue weighted by Crippen LogP contribution is -2.14. The molecule has 2 heterocycles. The third-order valence-corrected chi connectivity index (χ3v) is 7.78. The number of hydrogen-bond acceptors (Lipinski definition) is 6. The number of hydrogen-bond donors (Lipinski definition) is 2. The van der Waals surface area contributed by atoms with Crippen molar-refractivity contribution in [2.75, 3.05) is 5.73 Å². The van der Waals surface area contributed by atoms with Gasteiger partial charge in [0.15, 0.2) is 21.5 Å². The summed E-state index contributed by atoms with van der Waals surface area (Å²) in [4.78, 5) is 11.4. The summed E-state index contributed by atoms with van der Waals surface area (Å²) in [6, 6.07) is 15.4. The largest absolute Gasteiger partial charge is 0.435 e. The lowest BCUT2D eigenvalue weighted by Gasteiger charge is -2.10. The molecule has 0 aliphatic rings. The predicted octanol–water partition coefficient (Wildman–Crippen LogP) is 5.59. The Hall–Kier alpha value is -4.05. The van der Waals surface area contributed by atoms with Crippen molar-refractivity contribution in [3.05, 3.63) is 72.3 Å². The highest BCUT2D eigenvalue weighted by Crippen LogP contribution is 2.39. The molecule has 0 spiro atoms. The second-order valence-electron chi connectivity index (χ2n) is 8.25. The topological polar surface area (TPSA) is 115 Å². The van der Waals surface area contributed by atoms with E-state index in [4.69, 9.17) is 10.2 Å². The summed E-state index contributed by atoms with van der Waals surface area (Å²) in [7, 11) is -3.77. The number of sulfone groups is 1. The van der Waals surface area contributed by atoms with Gasteiger partial charge in [0.1, 0.15) is 28.4 Å². The average molecular weight is 495 g/mol. The van der Waals surface area contributed by atoms with Crippen LogP contribution in [0.4, 0.5) is 14.7 Å². The molecule has 0 amide bonds. The van der Waals surface area contributed by atoms with Crippen molar-refractivity contribution in [3.8, 4) is 34.0 Å². The molecule has 0 saturated heterocycles. The average Bonchev–Trinajstić information content (AvgIpc) is 3.41. The van der Waals surface area contributed by atoms with Gasteiger partial charge in [0.25, 0.3) is 0 Å². The summed E-state index contributed by atoms with van der Waals surface area (Å²) in [6.45, 7) is 3.13. The maximum atomic E-state index is 14.6. The van der Waals surface area contributed by atoms with Gasteiger partial charge in [-0.15, -0.1) is 0 Å². The fourth-order valence-electron chi connectivity index (χ4n) is 3.82. The number of aromatic amines is 1. The summed E-state index contributed by atoms with van der Waals surface area (Å²) in [5.41, 5.74) is 7.14. The molecular weight excluding hydrogens is 474 g/mol. The van der Waals surface area contributed by atoms with Gasteiger partial charge >= 0.3 is 0 Å². The number of aromatic nitrogens is 3. The number of imidazole rings is 1. The van der Waals surface area contributed by atoms with Gasteiger partial charge in [-0.3, -0.25) is 0 Å². The van der Waals surface area contributed by atoms with E-state index < -0.39 is 32.3 Å². The van der Waals surface area contributed by atoms with Crippen LogP contribution in [0.5, 0.6) is 0 Å². The van der Waals surface area contributed by atoms with Crippen LogP contribution >= 0.6 is 0 Å². The van der Waals surface area contributed by atoms with Crippen LogP contribution in [0, 0.1) is 11.6 Å². The number of nitrogens with zero attached hydrogens (tertiary/aromatic N) is 2. The molecule has 0 radical (unpaired) electrons. The monoisotopic (exact) mass is 494 g/mol. The molecule has 5 rings (SSSR count). The summed E-state index contributed by atoms with van der Waals surface area (Å²) in [5, 5.41) is -0.729. The van der Waals surface area contributed by atoms with Gasteiger partial charge in [-0.25, -0.2) is 27.2 Å². The van der Waals surface area contributed by atoms with Crippen LogP contribution in [0.3, 0.4) is 0 Å². The Bertz CT molecular complexity index is 1660. The molecule has 0 bridgehead atoms. The highest BCUT2D eigenvalue weighted by molar-refractivity contribution is 7.92. The summed E-state index contributed by atoms with van der Waals surface area (Å²) in [5.74, 6) is -1.67. The molecule has 10 heteroatoms. The SMILES string of the molecule is CC(C)S(=O)(=O)c1cc(-c2nc(-c3c(F)cccc3F)oc2-c2ccccc2)cc2[nH]c(N)nc12. The lowest BCUT2D eigenvalue weighted by atomic mass is 10.1. The van der Waals surface area contributed by atoms with Gasteiger partial charge in [-0.05, 0) is 38.1 Å². The molecule has 0 unspecified atom stereocenters. The van der Waals surface area contributed by atoms with Crippen LogP contribution in [0.1, 0.15) is 13.8 Å². The van der Waals surface area contributed by atoms with Gasteiger partial charge in [0, 0.05) is 11.1 Å². The molecular formula is C25H20F2N4O3S. The molecule has 2 aromatic heterocycles. The molecule has 0 atom stereocenters. The van der Waals surface area contributed by atoms with Crippen molar-refractivity contribution >= 4 is 26.8 Å². The fourth-order valence-corrected chi connectivity index (χ4v) is 5.05. The van der Waals surface area contributed by atoms with E-state index in [0.717, 1.165) is 12.1 Å². The van der Waals surface area contributed by atoms with Crippen LogP contribution < -0.4 is 5.73 Å². The molecule has 35 heavy (non-hydrogen) atoms. The third kappa shape index (κ3) is 3.85. The second-order valence-corrected chi connectivity index (χ2v) is 10.7. The van der Waals surface area contributed by atoms with E-state index in [1.807, 2.05) is 6.07 Å². The van der Waals surface area contributed by atoms with Gasteiger partial charge in [-0.2, -0.15) is 0 Å². The highest BCUT2D eigenvalue weighted by atomic mass is 32.2. The first-order valence-corrected chi connectivity index (χ1v) is 12.3. The minimum Gasteiger partial charge on any atom is -0.435 e. The van der Waals surface area contributed by atoms with Crippen molar-refractivity contribution in [1.29, 1.82) is 0 Å². The van der Waals surface area contributed by atoms with Gasteiger partial charge in [0.2, 0.25) is 5.89 Å². The zero-order chi connectivity index (χ0) is 24.9. The minimum absolute atomic E-state index is 0.0337. The number of rotatable bonds is 5. The highest BCUT2D eigenvalue weighted by Gasteiger charge is 2.28. The van der Waals surface area contributed by atoms with E-state index in [2.05, 4.69) is 15.0 Å². The van der Waals surface area contributed by atoms with Gasteiger partial charge < -0.3 is 15.1 Å². The van der Waals surface area contributed by atoms with Crippen LogP contribution in [-0.4, -0.2) is 28.6 Å². The van der Waals surface area contributed by atoms with E-state index in [1.165, 1.54) is 12.1 Å². The number of nitrogens with one attached hydrogen (secondary N) is 1. The van der Waals surface area contributed by atoms with Crippen molar-refractivity contribution in [1.82, 2.24) is 15.0 Å². The maximum Gasteiger partial charge on any atom is 0.233 e. The Morgan fingerprint density at radius 3 is 2.29 bits per heavy atom. The number of H-pyrrole nitrogens is 1. The molecule has 0 aliphatic carbocycles. The van der Waals surface area contributed by atoms with Crippen LogP contribution in [0.25, 0.3) is 45.1 Å². The number of anilines is 1. The Morgan fingerprint density at radius 1 is 0.943 bits per heavy atom. The van der Waals surface area contributed by atoms with Crippen LogP contribution in [-0.2, 0) is 9.84 Å². The number of oxazole rings is 1. The number of benzene rings is 3. The number of nitrogen functional groups attached to an aromatic ring is 1. The molecule has 0 fully saturated rings. The van der Waals surface area contributed by atoms with Crippen molar-refractivity contribution in [2.24, 2.45) is 0 Å². The zero-order valence-electron chi connectivity index (χ0n) is 18.7. The van der Waals surface area contributed by atoms with Gasteiger partial charge in [0.05, 0.1) is 15.7 Å². The van der Waals surface area contributed by atoms with Crippen molar-refractivity contribution in [2.45, 2.75) is 24.0 Å². The molecule has 3 N–H and O–H groups in total. The van der Waals surface area contributed by atoms with E-state index >= 15 is 0 Å². The van der Waals surface area contributed by atoms with E-state index in [1.54, 1.807) is 44.2 Å². The summed E-state index contributed by atoms with van der Waals surface area (Å²) < 4.78 is 61.4. The minimum atomic E-state index is -3.77. The van der Waals surface area contributed by atoms with E-state index in [-0.39, 0.29) is 33.7 Å². The second kappa shape index (κ2) is 8.31. The zero-order valence-corrected chi connectivity index (χ0v) is 19.5. The summed E-state index contributed by atoms with van der Waals surface area (Å²) in [6.07, 6.45) is 0. The van der Waals surface area contributed by atoms with E-state index in [0.29, 0.717) is 16.6 Å². The molecule has 0 aliphatic heterocycles. The number of fused-ring (bicyclic) bond motifs is 1. The Morgan fingerprint density at radius 2 is 1.63 bits per heavy atom. The van der Waals surface area contributed by atoms with Crippen LogP contribution in [0.2, 0.25) is 0 Å². The summed E-state index contributed by atoms with van der Waals surface area (Å²) >= 11 is 0. The number of nitrogens with two attached hydrogens (primary N) is 1. The molecule has 7 nitrogen and oxygen atoms in total. The first-order chi connectivity index (χ1) is 16.7. The Kier molecular flexibility index (Phi) is 5.40. The standard InChI is InChI=1S/C25H20F2N4O3S/c1-13(2)35(32,33)19-12-15(11-18-22(19)31-25(28)29-18)21-23(14-7-4-3-5-8-14)34-24(30-21)20-16(26)9-6-10-17(20)27/h3-13H,1-2H3,(H3,28,29,31).